The zero-order valence-corrected chi connectivity index (χ0v) is 3.46. The van der Waals surface area contributed by atoms with Gasteiger partial charge in [-0.25, -0.2) is 0 Å². The molecule has 0 aromatic rings. The van der Waals surface area contributed by atoms with Crippen LogP contribution in [0, 0.1) is 0 Å². The first kappa shape index (κ1) is 2.72. The van der Waals surface area contributed by atoms with Gasteiger partial charge in [-0.2, -0.15) is 10.2 Å². The molecule has 0 atom stereocenters. The van der Waals surface area contributed by atoms with Gasteiger partial charge in [0.2, 0.25) is 0 Å². The largest absolute Gasteiger partial charge is 0.190 e. The molecule has 3 rings (SSSR count). The first-order valence-electron chi connectivity index (χ1n) is 2.35. The lowest BCUT2D eigenvalue weighted by Crippen LogP contribution is -2.22. The maximum atomic E-state index is 3.94. The smallest absolute Gasteiger partial charge is 0.0750 e. The molecular formula is C4H6N2. The quantitative estimate of drug-likeness (QED) is 0.416. The molecule has 0 spiro atoms. The lowest BCUT2D eigenvalue weighted by atomic mass is 9.91. The van der Waals surface area contributed by atoms with Gasteiger partial charge in [-0.15, -0.1) is 0 Å². The lowest BCUT2D eigenvalue weighted by Gasteiger charge is -2.16. The van der Waals surface area contributed by atoms with Gasteiger partial charge >= 0.3 is 0 Å². The molecule has 0 aromatic carbocycles. The van der Waals surface area contributed by atoms with Crippen LogP contribution in [0.1, 0.15) is 12.8 Å². The fourth-order valence-corrected chi connectivity index (χ4v) is 0.936. The van der Waals surface area contributed by atoms with Crippen molar-refractivity contribution in [3.8, 4) is 0 Å². The number of rotatable bonds is 0. The highest BCUT2D eigenvalue weighted by atomic mass is 15.2. The fourth-order valence-electron chi connectivity index (χ4n) is 0.936. The van der Waals surface area contributed by atoms with Crippen LogP contribution in [0.5, 0.6) is 0 Å². The van der Waals surface area contributed by atoms with E-state index in [9.17, 15) is 0 Å². The van der Waals surface area contributed by atoms with E-state index < -0.39 is 0 Å². The van der Waals surface area contributed by atoms with Gasteiger partial charge in [0.05, 0.1) is 12.1 Å². The molecule has 3 aliphatic rings. The van der Waals surface area contributed by atoms with E-state index in [2.05, 4.69) is 10.2 Å². The predicted octanol–water partition coefficient (Wildman–Crippen LogP) is 0.983. The van der Waals surface area contributed by atoms with Gasteiger partial charge in [0, 0.05) is 0 Å². The molecule has 6 heavy (non-hydrogen) atoms. The molecular weight excluding hydrogens is 76.1 g/mol. The summed E-state index contributed by atoms with van der Waals surface area (Å²) < 4.78 is 0. The summed E-state index contributed by atoms with van der Waals surface area (Å²) in [5.74, 6) is 0. The molecule has 0 radical (unpaired) electrons. The standard InChI is InChI=1S/C4H6N2/c1-3-2-4(1)6-5-3/h3-4H,1-2H2. The molecule has 1 fully saturated rings. The van der Waals surface area contributed by atoms with Crippen molar-refractivity contribution < 1.29 is 0 Å². The van der Waals surface area contributed by atoms with Crippen LogP contribution >= 0.6 is 0 Å². The summed E-state index contributed by atoms with van der Waals surface area (Å²) in [7, 11) is 0. The highest BCUT2D eigenvalue weighted by Crippen LogP contribution is 2.33. The van der Waals surface area contributed by atoms with E-state index >= 15 is 0 Å². The number of hydrogen-bond acceptors (Lipinski definition) is 2. The van der Waals surface area contributed by atoms with Crippen molar-refractivity contribution in [3.05, 3.63) is 0 Å². The maximum Gasteiger partial charge on any atom is 0.0750 e. The summed E-state index contributed by atoms with van der Waals surface area (Å²) in [5.41, 5.74) is 0. The molecule has 0 N–H and O–H groups in total. The van der Waals surface area contributed by atoms with E-state index in [1.807, 2.05) is 0 Å². The molecule has 0 saturated heterocycles. The van der Waals surface area contributed by atoms with Crippen LogP contribution in [0.3, 0.4) is 0 Å². The van der Waals surface area contributed by atoms with Crippen LogP contribution < -0.4 is 0 Å². The molecule has 0 unspecified atom stereocenters. The Morgan fingerprint density at radius 3 is 1.67 bits per heavy atom. The van der Waals surface area contributed by atoms with E-state index in [1.165, 1.54) is 12.8 Å². The highest BCUT2D eigenvalue weighted by Gasteiger charge is 2.34. The lowest BCUT2D eigenvalue weighted by molar-refractivity contribution is 0.432. The number of azo groups is 1. The molecule has 0 aromatic heterocycles. The predicted molar refractivity (Wildman–Crippen MR) is 21.7 cm³/mol. The first-order valence-corrected chi connectivity index (χ1v) is 2.35. The van der Waals surface area contributed by atoms with Gasteiger partial charge in [-0.1, -0.05) is 0 Å². The van der Waals surface area contributed by atoms with Gasteiger partial charge in [0.1, 0.15) is 0 Å². The Balaban J connectivity index is 2.32. The molecule has 1 aliphatic carbocycles. The summed E-state index contributed by atoms with van der Waals surface area (Å²) >= 11 is 0. The molecule has 2 bridgehead atoms. The minimum absolute atomic E-state index is 0.648. The van der Waals surface area contributed by atoms with Gasteiger partial charge in [-0.3, -0.25) is 0 Å². The summed E-state index contributed by atoms with van der Waals surface area (Å²) in [6.07, 6.45) is 2.50. The van der Waals surface area contributed by atoms with E-state index in [0.29, 0.717) is 12.1 Å². The Morgan fingerprint density at radius 1 is 1.00 bits per heavy atom. The Kier molecular flexibility index (Phi) is 0.293. The molecule has 2 heterocycles. The Morgan fingerprint density at radius 2 is 1.50 bits per heavy atom. The molecule has 2 heteroatoms. The zero-order valence-electron chi connectivity index (χ0n) is 3.46. The van der Waals surface area contributed by atoms with Gasteiger partial charge in [-0.05, 0) is 12.8 Å². The van der Waals surface area contributed by atoms with Crippen LogP contribution in [0.4, 0.5) is 0 Å². The third kappa shape index (κ3) is 0.153. The average Bonchev–Trinajstić information content (AvgIpc) is 1.72. The molecule has 0 amide bonds. The second kappa shape index (κ2) is 0.647. The van der Waals surface area contributed by atoms with Crippen molar-refractivity contribution in [1.82, 2.24) is 0 Å². The van der Waals surface area contributed by atoms with Gasteiger partial charge in [0.15, 0.2) is 0 Å². The van der Waals surface area contributed by atoms with E-state index in [4.69, 9.17) is 0 Å². The van der Waals surface area contributed by atoms with Crippen LogP contribution in [0.2, 0.25) is 0 Å². The minimum atomic E-state index is 0.648. The minimum Gasteiger partial charge on any atom is -0.190 e. The number of hydrogen-bond donors (Lipinski definition) is 0. The zero-order chi connectivity index (χ0) is 3.98. The summed E-state index contributed by atoms with van der Waals surface area (Å²) in [5, 5.41) is 7.87. The van der Waals surface area contributed by atoms with Crippen molar-refractivity contribution in [3.63, 3.8) is 0 Å². The van der Waals surface area contributed by atoms with Crippen LogP contribution in [0.15, 0.2) is 10.2 Å². The molecule has 1 saturated carbocycles. The monoisotopic (exact) mass is 82.1 g/mol. The topological polar surface area (TPSA) is 24.7 Å². The Labute approximate surface area is 36.3 Å². The summed E-state index contributed by atoms with van der Waals surface area (Å²) in [6.45, 7) is 0. The van der Waals surface area contributed by atoms with Crippen molar-refractivity contribution in [2.75, 3.05) is 0 Å². The second-order valence-corrected chi connectivity index (χ2v) is 2.01. The normalized spacial score (nSPS) is 49.3. The van der Waals surface area contributed by atoms with Crippen LogP contribution in [-0.2, 0) is 0 Å². The van der Waals surface area contributed by atoms with Crippen molar-refractivity contribution >= 4 is 0 Å². The van der Waals surface area contributed by atoms with Gasteiger partial charge in [0.25, 0.3) is 0 Å². The Hall–Kier alpha value is -0.400. The van der Waals surface area contributed by atoms with Crippen molar-refractivity contribution in [2.24, 2.45) is 10.2 Å². The molecule has 2 aliphatic heterocycles. The average molecular weight is 82.1 g/mol. The third-order valence-electron chi connectivity index (χ3n) is 1.48. The Bertz CT molecular complexity index is 81.7. The maximum absolute atomic E-state index is 3.94. The SMILES string of the molecule is C1C2CC1N=N2. The molecule has 2 nitrogen and oxygen atoms in total. The fraction of sp³-hybridized carbons (Fsp3) is 1.00. The highest BCUT2D eigenvalue weighted by molar-refractivity contribution is 4.94. The second-order valence-electron chi connectivity index (χ2n) is 2.01. The van der Waals surface area contributed by atoms with Gasteiger partial charge < -0.3 is 0 Å². The van der Waals surface area contributed by atoms with Crippen molar-refractivity contribution in [1.29, 1.82) is 0 Å². The summed E-state index contributed by atoms with van der Waals surface area (Å²) in [4.78, 5) is 0. The summed E-state index contributed by atoms with van der Waals surface area (Å²) in [6, 6.07) is 1.30. The molecule has 32 valence electrons. The van der Waals surface area contributed by atoms with E-state index in [-0.39, 0.29) is 0 Å². The van der Waals surface area contributed by atoms with E-state index in [0.717, 1.165) is 0 Å². The van der Waals surface area contributed by atoms with E-state index in [1.54, 1.807) is 0 Å². The van der Waals surface area contributed by atoms with Crippen LogP contribution in [0.25, 0.3) is 0 Å². The van der Waals surface area contributed by atoms with Crippen LogP contribution in [-0.4, -0.2) is 12.1 Å². The third-order valence-corrected chi connectivity index (χ3v) is 1.48. The first-order chi connectivity index (χ1) is 2.95. The van der Waals surface area contributed by atoms with Crippen molar-refractivity contribution in [2.45, 2.75) is 24.9 Å². The number of nitrogens with zero attached hydrogens (tertiary/aromatic N) is 2.